The minimum Gasteiger partial charge on any atom is -0.356 e. The van der Waals surface area contributed by atoms with Gasteiger partial charge in [-0.25, -0.2) is 4.39 Å². The SMILES string of the molecule is C/C=C(\C)Sc1ccccc1C(=NC)c1ccccc1F.C=CCC(=O)NCCC. The molecule has 0 atom stereocenters. The Kier molecular flexibility index (Phi) is 12.1. The largest absolute Gasteiger partial charge is 0.356 e. The molecular weight excluding hydrogens is 395 g/mol. The van der Waals surface area contributed by atoms with Crippen LogP contribution in [-0.4, -0.2) is 25.2 Å². The van der Waals surface area contributed by atoms with Crippen molar-refractivity contribution in [2.45, 2.75) is 38.5 Å². The lowest BCUT2D eigenvalue weighted by Gasteiger charge is -2.12. The molecule has 2 aromatic carbocycles. The molecule has 0 saturated heterocycles. The lowest BCUT2D eigenvalue weighted by molar-refractivity contribution is -0.120. The van der Waals surface area contributed by atoms with Crippen LogP contribution in [0.5, 0.6) is 0 Å². The second kappa shape index (κ2) is 14.3. The van der Waals surface area contributed by atoms with Gasteiger partial charge in [0.15, 0.2) is 0 Å². The zero-order chi connectivity index (χ0) is 22.4. The topological polar surface area (TPSA) is 41.5 Å². The molecule has 3 nitrogen and oxygen atoms in total. The number of benzene rings is 2. The van der Waals surface area contributed by atoms with E-state index in [0.29, 0.717) is 17.7 Å². The number of amides is 1. The number of carbonyl (C=O) groups excluding carboxylic acids is 1. The van der Waals surface area contributed by atoms with Crippen molar-refractivity contribution >= 4 is 23.4 Å². The second-order valence-electron chi connectivity index (χ2n) is 6.39. The number of rotatable bonds is 8. The van der Waals surface area contributed by atoms with Crippen molar-refractivity contribution in [2.75, 3.05) is 13.6 Å². The zero-order valence-electron chi connectivity index (χ0n) is 18.2. The van der Waals surface area contributed by atoms with Crippen molar-refractivity contribution < 1.29 is 9.18 Å². The van der Waals surface area contributed by atoms with E-state index in [2.05, 4.69) is 29.9 Å². The van der Waals surface area contributed by atoms with E-state index >= 15 is 0 Å². The fourth-order valence-electron chi connectivity index (χ4n) is 2.49. The summed E-state index contributed by atoms with van der Waals surface area (Å²) in [6.45, 7) is 10.3. The first-order valence-electron chi connectivity index (χ1n) is 9.97. The Morgan fingerprint density at radius 3 is 2.37 bits per heavy atom. The highest BCUT2D eigenvalue weighted by Gasteiger charge is 2.14. The molecule has 0 bridgehead atoms. The number of halogens is 1. The summed E-state index contributed by atoms with van der Waals surface area (Å²) < 4.78 is 14.1. The maximum Gasteiger partial charge on any atom is 0.223 e. The van der Waals surface area contributed by atoms with Gasteiger partial charge in [0.05, 0.1) is 5.71 Å². The Balaban J connectivity index is 0.000000424. The van der Waals surface area contributed by atoms with Crippen LogP contribution < -0.4 is 5.32 Å². The van der Waals surface area contributed by atoms with Gasteiger partial charge in [-0.05, 0) is 43.4 Å². The molecule has 0 aliphatic carbocycles. The number of nitrogens with one attached hydrogen (secondary N) is 1. The summed E-state index contributed by atoms with van der Waals surface area (Å²) in [6, 6.07) is 14.7. The molecular formula is C25H31FN2OS. The van der Waals surface area contributed by atoms with Crippen LogP contribution in [0.3, 0.4) is 0 Å². The molecule has 2 aromatic rings. The quantitative estimate of drug-likeness (QED) is 0.301. The molecule has 0 spiro atoms. The molecule has 1 amide bonds. The third-order valence-corrected chi connectivity index (χ3v) is 5.21. The van der Waals surface area contributed by atoms with E-state index in [1.54, 1.807) is 37.0 Å². The van der Waals surface area contributed by atoms with E-state index in [1.165, 1.54) is 11.0 Å². The minimum absolute atomic E-state index is 0.0619. The van der Waals surface area contributed by atoms with Crippen LogP contribution >= 0.6 is 11.8 Å². The normalized spacial score (nSPS) is 11.4. The molecule has 0 heterocycles. The second-order valence-corrected chi connectivity index (χ2v) is 7.68. The van der Waals surface area contributed by atoms with Crippen molar-refractivity contribution in [3.63, 3.8) is 0 Å². The van der Waals surface area contributed by atoms with Crippen LogP contribution in [0.15, 0.2) is 82.1 Å². The van der Waals surface area contributed by atoms with E-state index in [4.69, 9.17) is 0 Å². The predicted octanol–water partition coefficient (Wildman–Crippen LogP) is 6.40. The highest BCUT2D eigenvalue weighted by Crippen LogP contribution is 2.31. The maximum atomic E-state index is 14.1. The van der Waals surface area contributed by atoms with Gasteiger partial charge in [0, 0.05) is 36.0 Å². The van der Waals surface area contributed by atoms with Crippen LogP contribution in [0.2, 0.25) is 0 Å². The van der Waals surface area contributed by atoms with E-state index in [1.807, 2.05) is 44.2 Å². The van der Waals surface area contributed by atoms with Crippen LogP contribution in [0.4, 0.5) is 4.39 Å². The Bertz CT molecular complexity index is 890. The molecule has 0 fully saturated rings. The van der Waals surface area contributed by atoms with Gasteiger partial charge in [0.25, 0.3) is 0 Å². The molecule has 0 aliphatic heterocycles. The average molecular weight is 427 g/mol. The van der Waals surface area contributed by atoms with E-state index in [0.717, 1.165) is 23.4 Å². The highest BCUT2D eigenvalue weighted by atomic mass is 32.2. The van der Waals surface area contributed by atoms with Crippen LogP contribution in [0.1, 0.15) is 44.7 Å². The summed E-state index contributed by atoms with van der Waals surface area (Å²) in [5.74, 6) is -0.187. The van der Waals surface area contributed by atoms with Crippen LogP contribution in [-0.2, 0) is 4.79 Å². The van der Waals surface area contributed by atoms with E-state index in [9.17, 15) is 9.18 Å². The summed E-state index contributed by atoms with van der Waals surface area (Å²) in [6.07, 6.45) is 5.08. The predicted molar refractivity (Wildman–Crippen MR) is 128 cm³/mol. The van der Waals surface area contributed by atoms with Crippen molar-refractivity contribution in [2.24, 2.45) is 4.99 Å². The molecule has 0 saturated carbocycles. The lowest BCUT2D eigenvalue weighted by atomic mass is 10.0. The lowest BCUT2D eigenvalue weighted by Crippen LogP contribution is -2.22. The monoisotopic (exact) mass is 426 g/mol. The number of carbonyl (C=O) groups is 1. The molecule has 0 unspecified atom stereocenters. The molecule has 5 heteroatoms. The standard InChI is InChI=1S/C18H18FNS.C7H13NO/c1-4-13(2)21-17-12-8-6-10-15(17)18(20-3)14-9-5-7-11-16(14)19;1-3-5-7(9)8-6-4-2/h4-12H,1-3H3;3H,1,4-6H2,2H3,(H,8,9)/b13-4+,20-18?;. The third kappa shape index (κ3) is 8.37. The van der Waals surface area contributed by atoms with Crippen LogP contribution in [0.25, 0.3) is 0 Å². The first kappa shape index (κ1) is 25.4. The van der Waals surface area contributed by atoms with Crippen molar-refractivity contribution in [3.05, 3.63) is 89.1 Å². The average Bonchev–Trinajstić information content (AvgIpc) is 2.75. The van der Waals surface area contributed by atoms with Gasteiger partial charge in [-0.2, -0.15) is 0 Å². The Morgan fingerprint density at radius 1 is 1.17 bits per heavy atom. The van der Waals surface area contributed by atoms with Gasteiger partial charge >= 0.3 is 0 Å². The van der Waals surface area contributed by atoms with Crippen molar-refractivity contribution in [3.8, 4) is 0 Å². The van der Waals surface area contributed by atoms with Gasteiger partial charge < -0.3 is 5.32 Å². The Hall–Kier alpha value is -2.66. The summed E-state index contributed by atoms with van der Waals surface area (Å²) in [5.41, 5.74) is 2.17. The number of nitrogens with zero attached hydrogens (tertiary/aromatic N) is 1. The van der Waals surface area contributed by atoms with E-state index in [-0.39, 0.29) is 11.7 Å². The molecule has 0 aliphatic rings. The Morgan fingerprint density at radius 2 is 1.80 bits per heavy atom. The number of thioether (sulfide) groups is 1. The summed E-state index contributed by atoms with van der Waals surface area (Å²) >= 11 is 1.67. The third-order valence-electron chi connectivity index (χ3n) is 4.07. The molecule has 30 heavy (non-hydrogen) atoms. The summed E-state index contributed by atoms with van der Waals surface area (Å²) in [4.78, 5) is 17.2. The Labute approximate surface area is 184 Å². The van der Waals surface area contributed by atoms with Crippen LogP contribution in [0, 0.1) is 5.82 Å². The molecule has 2 rings (SSSR count). The minimum atomic E-state index is -0.249. The molecule has 160 valence electrons. The summed E-state index contributed by atoms with van der Waals surface area (Å²) in [5, 5.41) is 2.72. The number of allylic oxidation sites excluding steroid dienone is 2. The van der Waals surface area contributed by atoms with Gasteiger partial charge in [-0.1, -0.05) is 61.2 Å². The van der Waals surface area contributed by atoms with Crippen molar-refractivity contribution in [1.29, 1.82) is 0 Å². The highest BCUT2D eigenvalue weighted by molar-refractivity contribution is 8.03. The first-order chi connectivity index (χ1) is 14.5. The van der Waals surface area contributed by atoms with E-state index < -0.39 is 0 Å². The molecule has 0 radical (unpaired) electrons. The van der Waals surface area contributed by atoms with Gasteiger partial charge in [-0.15, -0.1) is 6.58 Å². The summed E-state index contributed by atoms with van der Waals surface area (Å²) in [7, 11) is 1.70. The zero-order valence-corrected chi connectivity index (χ0v) is 19.1. The van der Waals surface area contributed by atoms with Gasteiger partial charge in [0.1, 0.15) is 5.82 Å². The fourth-order valence-corrected chi connectivity index (χ4v) is 3.38. The molecule has 0 aromatic heterocycles. The van der Waals surface area contributed by atoms with Crippen molar-refractivity contribution in [1.82, 2.24) is 5.32 Å². The maximum absolute atomic E-state index is 14.1. The van der Waals surface area contributed by atoms with Gasteiger partial charge in [0.2, 0.25) is 5.91 Å². The smallest absolute Gasteiger partial charge is 0.223 e. The van der Waals surface area contributed by atoms with Gasteiger partial charge in [-0.3, -0.25) is 9.79 Å². The number of hydrogen-bond acceptors (Lipinski definition) is 3. The fraction of sp³-hybridized carbons (Fsp3) is 0.280. The number of hydrogen-bond donors (Lipinski definition) is 1. The number of aliphatic imine (C=N–C) groups is 1. The first-order valence-corrected chi connectivity index (χ1v) is 10.8. The molecule has 1 N–H and O–H groups in total.